The molecule has 3 N–H and O–H groups in total. The van der Waals surface area contributed by atoms with E-state index in [0.29, 0.717) is 24.3 Å². The van der Waals surface area contributed by atoms with Crippen LogP contribution >= 0.6 is 0 Å². The third kappa shape index (κ3) is 6.21. The number of hydrogen-bond donors (Lipinski definition) is 3. The van der Waals surface area contributed by atoms with Gasteiger partial charge in [0, 0.05) is 12.8 Å². The quantitative estimate of drug-likeness (QED) is 0.391. The summed E-state index contributed by atoms with van der Waals surface area (Å²) in [6.45, 7) is 4.09. The van der Waals surface area contributed by atoms with E-state index < -0.39 is 24.6 Å². The van der Waals surface area contributed by atoms with E-state index in [1.165, 1.54) is 0 Å². The molecule has 35 heavy (non-hydrogen) atoms. The standard InChI is InChI=1S/C27H31BN2O5/c1-19(2)14-25(28(32)33)29-26(31)27(16-20-8-4-3-5-9-20)17-23(30-35-27)18-34-24-13-12-21-10-6-7-11-22(21)15-24/h3-13,15,19,25,32-33H,14,16-18H2,1-2H3,(H,29,31)/t25-,27?/m0/s1. The molecule has 0 bridgehead atoms. The van der Waals surface area contributed by atoms with Gasteiger partial charge in [-0.25, -0.2) is 0 Å². The second-order valence-electron chi connectivity index (χ2n) is 9.50. The van der Waals surface area contributed by atoms with Gasteiger partial charge in [-0.1, -0.05) is 79.7 Å². The highest BCUT2D eigenvalue weighted by Gasteiger charge is 2.48. The van der Waals surface area contributed by atoms with Crippen LogP contribution in [-0.2, 0) is 16.1 Å². The lowest BCUT2D eigenvalue weighted by atomic mass is 9.74. The number of nitrogens with one attached hydrogen (secondary N) is 1. The molecule has 182 valence electrons. The van der Waals surface area contributed by atoms with Crippen molar-refractivity contribution in [3.63, 3.8) is 0 Å². The first kappa shape index (κ1) is 24.8. The molecule has 2 atom stereocenters. The molecule has 8 heteroatoms. The summed E-state index contributed by atoms with van der Waals surface area (Å²) in [6, 6.07) is 23.5. The number of oxime groups is 1. The molecule has 4 rings (SSSR count). The Bertz CT molecular complexity index is 1180. The molecule has 0 aromatic heterocycles. The van der Waals surface area contributed by atoms with E-state index in [1.807, 2.05) is 86.6 Å². The van der Waals surface area contributed by atoms with Crippen molar-refractivity contribution >= 4 is 29.5 Å². The lowest BCUT2D eigenvalue weighted by molar-refractivity contribution is -0.144. The Morgan fingerprint density at radius 1 is 1.09 bits per heavy atom. The van der Waals surface area contributed by atoms with E-state index in [-0.39, 0.29) is 18.9 Å². The van der Waals surface area contributed by atoms with Gasteiger partial charge < -0.3 is 24.9 Å². The molecular weight excluding hydrogens is 443 g/mol. The van der Waals surface area contributed by atoms with Crippen LogP contribution < -0.4 is 10.1 Å². The summed E-state index contributed by atoms with van der Waals surface area (Å²) >= 11 is 0. The zero-order valence-corrected chi connectivity index (χ0v) is 20.1. The third-order valence-corrected chi connectivity index (χ3v) is 6.11. The molecule has 3 aromatic carbocycles. The number of nitrogens with zero attached hydrogens (tertiary/aromatic N) is 1. The van der Waals surface area contributed by atoms with Gasteiger partial charge in [0.1, 0.15) is 12.4 Å². The number of carbonyl (C=O) groups is 1. The minimum atomic E-state index is -1.67. The number of hydrogen-bond acceptors (Lipinski definition) is 6. The Kier molecular flexibility index (Phi) is 7.73. The molecule has 3 aromatic rings. The van der Waals surface area contributed by atoms with Crippen LogP contribution in [-0.4, -0.2) is 46.9 Å². The van der Waals surface area contributed by atoms with Crippen molar-refractivity contribution in [2.75, 3.05) is 6.61 Å². The van der Waals surface area contributed by atoms with Gasteiger partial charge in [-0.05, 0) is 40.8 Å². The molecule has 1 heterocycles. The fraction of sp³-hybridized carbons (Fsp3) is 0.333. The third-order valence-electron chi connectivity index (χ3n) is 6.11. The molecule has 1 unspecified atom stereocenters. The first-order valence-electron chi connectivity index (χ1n) is 11.9. The van der Waals surface area contributed by atoms with Crippen molar-refractivity contribution < 1.29 is 24.4 Å². The molecular formula is C27H31BN2O5. The molecule has 0 spiro atoms. The fourth-order valence-corrected chi connectivity index (χ4v) is 4.33. The summed E-state index contributed by atoms with van der Waals surface area (Å²) in [4.78, 5) is 19.3. The maximum absolute atomic E-state index is 13.5. The summed E-state index contributed by atoms with van der Waals surface area (Å²) in [5.41, 5.74) is 0.224. The van der Waals surface area contributed by atoms with Crippen molar-refractivity contribution in [1.29, 1.82) is 0 Å². The van der Waals surface area contributed by atoms with E-state index in [4.69, 9.17) is 9.57 Å². The van der Waals surface area contributed by atoms with Gasteiger partial charge in [0.2, 0.25) is 5.60 Å². The lowest BCUT2D eigenvalue weighted by Gasteiger charge is -2.29. The highest BCUT2D eigenvalue weighted by Crippen LogP contribution is 2.30. The Hall–Kier alpha value is -3.36. The Labute approximate surface area is 205 Å². The Balaban J connectivity index is 1.48. The van der Waals surface area contributed by atoms with Crippen LogP contribution in [0.15, 0.2) is 78.0 Å². The first-order chi connectivity index (χ1) is 16.8. The second kappa shape index (κ2) is 10.9. The van der Waals surface area contributed by atoms with Gasteiger partial charge in [0.05, 0.1) is 11.7 Å². The molecule has 0 radical (unpaired) electrons. The van der Waals surface area contributed by atoms with Gasteiger partial charge in [-0.2, -0.15) is 0 Å². The highest BCUT2D eigenvalue weighted by atomic mass is 16.7. The number of fused-ring (bicyclic) bond motifs is 1. The summed E-state index contributed by atoms with van der Waals surface area (Å²) in [7, 11) is -1.67. The maximum atomic E-state index is 13.5. The Morgan fingerprint density at radius 2 is 1.80 bits per heavy atom. The minimum absolute atomic E-state index is 0.166. The lowest BCUT2D eigenvalue weighted by Crippen LogP contribution is -2.56. The zero-order chi connectivity index (χ0) is 24.8. The van der Waals surface area contributed by atoms with Gasteiger partial charge in [-0.15, -0.1) is 0 Å². The second-order valence-corrected chi connectivity index (χ2v) is 9.50. The zero-order valence-electron chi connectivity index (χ0n) is 20.1. The molecule has 1 aliphatic rings. The van der Waals surface area contributed by atoms with Gasteiger partial charge in [-0.3, -0.25) is 4.79 Å². The molecule has 1 aliphatic heterocycles. The van der Waals surface area contributed by atoms with Crippen LogP contribution in [0, 0.1) is 5.92 Å². The number of amides is 1. The van der Waals surface area contributed by atoms with Crippen LogP contribution in [0.4, 0.5) is 0 Å². The monoisotopic (exact) mass is 474 g/mol. The van der Waals surface area contributed by atoms with Gasteiger partial charge >= 0.3 is 7.12 Å². The van der Waals surface area contributed by atoms with Crippen LogP contribution in [0.3, 0.4) is 0 Å². The topological polar surface area (TPSA) is 100 Å². The van der Waals surface area contributed by atoms with E-state index >= 15 is 0 Å². The highest BCUT2D eigenvalue weighted by molar-refractivity contribution is 6.43. The molecule has 0 fully saturated rings. The van der Waals surface area contributed by atoms with Crippen molar-refractivity contribution in [2.45, 2.75) is 44.7 Å². The number of ether oxygens (including phenoxy) is 1. The summed E-state index contributed by atoms with van der Waals surface area (Å²) < 4.78 is 5.97. The Morgan fingerprint density at radius 3 is 2.51 bits per heavy atom. The SMILES string of the molecule is CC(C)C[C@H](NC(=O)C1(Cc2ccccc2)CC(COc2ccc3ccccc3c2)=NO1)B(O)O. The van der Waals surface area contributed by atoms with Crippen molar-refractivity contribution in [2.24, 2.45) is 11.1 Å². The van der Waals surface area contributed by atoms with Crippen LogP contribution in [0.5, 0.6) is 5.75 Å². The molecule has 7 nitrogen and oxygen atoms in total. The minimum Gasteiger partial charge on any atom is -0.487 e. The molecule has 0 aliphatic carbocycles. The molecule has 0 saturated heterocycles. The average Bonchev–Trinajstić information content (AvgIpc) is 3.26. The maximum Gasteiger partial charge on any atom is 0.475 e. The van der Waals surface area contributed by atoms with E-state index in [0.717, 1.165) is 16.3 Å². The largest absolute Gasteiger partial charge is 0.487 e. The number of rotatable bonds is 10. The summed E-state index contributed by atoms with van der Waals surface area (Å²) in [5, 5.41) is 28.8. The normalized spacial score (nSPS) is 18.1. The first-order valence-corrected chi connectivity index (χ1v) is 11.9. The number of carbonyl (C=O) groups excluding carboxylic acids is 1. The van der Waals surface area contributed by atoms with Gasteiger partial charge in [0.25, 0.3) is 5.91 Å². The van der Waals surface area contributed by atoms with Crippen LogP contribution in [0.25, 0.3) is 10.8 Å². The van der Waals surface area contributed by atoms with E-state index in [2.05, 4.69) is 10.5 Å². The van der Waals surface area contributed by atoms with Gasteiger partial charge in [0.15, 0.2) is 0 Å². The summed E-state index contributed by atoms with van der Waals surface area (Å²) in [6.07, 6.45) is 0.944. The van der Waals surface area contributed by atoms with E-state index in [1.54, 1.807) is 0 Å². The van der Waals surface area contributed by atoms with Crippen molar-refractivity contribution in [3.8, 4) is 5.75 Å². The smallest absolute Gasteiger partial charge is 0.475 e. The predicted octanol–water partition coefficient (Wildman–Crippen LogP) is 3.52. The van der Waals surface area contributed by atoms with E-state index in [9.17, 15) is 14.8 Å². The molecule has 0 saturated carbocycles. The van der Waals surface area contributed by atoms with Crippen molar-refractivity contribution in [3.05, 3.63) is 78.4 Å². The predicted molar refractivity (Wildman–Crippen MR) is 137 cm³/mol. The van der Waals surface area contributed by atoms with Crippen LogP contribution in [0.1, 0.15) is 32.3 Å². The summed E-state index contributed by atoms with van der Waals surface area (Å²) in [5.74, 6) is -0.364. The number of benzene rings is 3. The molecule has 1 amide bonds. The average molecular weight is 474 g/mol. The van der Waals surface area contributed by atoms with Crippen molar-refractivity contribution in [1.82, 2.24) is 5.32 Å². The fourth-order valence-electron chi connectivity index (χ4n) is 4.33. The van der Waals surface area contributed by atoms with Crippen LogP contribution in [0.2, 0.25) is 0 Å².